The number of thiophene rings is 1. The van der Waals surface area contributed by atoms with Gasteiger partial charge in [-0.2, -0.15) is 0 Å². The van der Waals surface area contributed by atoms with Gasteiger partial charge in [0.05, 0.1) is 5.39 Å². The van der Waals surface area contributed by atoms with Crippen molar-refractivity contribution in [2.45, 2.75) is 20.8 Å². The van der Waals surface area contributed by atoms with E-state index in [0.717, 1.165) is 15.8 Å². The lowest BCUT2D eigenvalue weighted by Crippen LogP contribution is -2.10. The number of hydrogen-bond donors (Lipinski definition) is 2. The van der Waals surface area contributed by atoms with Crippen LogP contribution in [0.4, 0.5) is 5.82 Å². The molecule has 20 heavy (non-hydrogen) atoms. The maximum atomic E-state index is 5.64. The monoisotopic (exact) mass is 284 g/mol. The van der Waals surface area contributed by atoms with Crippen LogP contribution in [0.2, 0.25) is 0 Å². The highest BCUT2D eigenvalue weighted by molar-refractivity contribution is 7.18. The first-order valence-electron chi connectivity index (χ1n) is 6.41. The largest absolute Gasteiger partial charge is 0.308 e. The Labute approximate surface area is 121 Å². The topological polar surface area (TPSA) is 63.8 Å². The van der Waals surface area contributed by atoms with Crippen molar-refractivity contribution < 1.29 is 0 Å². The zero-order valence-corrected chi connectivity index (χ0v) is 12.5. The summed E-state index contributed by atoms with van der Waals surface area (Å²) in [6, 6.07) is 8.17. The molecule has 3 rings (SSSR count). The van der Waals surface area contributed by atoms with Crippen LogP contribution in [0.25, 0.3) is 21.6 Å². The van der Waals surface area contributed by atoms with Crippen molar-refractivity contribution in [3.8, 4) is 11.4 Å². The van der Waals surface area contributed by atoms with Crippen molar-refractivity contribution in [2.24, 2.45) is 5.84 Å². The SMILES string of the molecule is Cc1cccc(-c2nc(NN)c3c(C)c(C)sc3n2)c1. The van der Waals surface area contributed by atoms with E-state index < -0.39 is 0 Å². The highest BCUT2D eigenvalue weighted by Gasteiger charge is 2.14. The number of anilines is 1. The molecule has 0 amide bonds. The molecule has 102 valence electrons. The maximum absolute atomic E-state index is 5.64. The fourth-order valence-corrected chi connectivity index (χ4v) is 3.30. The van der Waals surface area contributed by atoms with Gasteiger partial charge in [-0.15, -0.1) is 11.3 Å². The van der Waals surface area contributed by atoms with E-state index in [-0.39, 0.29) is 0 Å². The number of aryl methyl sites for hydroxylation is 3. The molecule has 0 unspecified atom stereocenters. The second-order valence-corrected chi connectivity index (χ2v) is 6.08. The molecule has 0 atom stereocenters. The van der Waals surface area contributed by atoms with E-state index in [1.165, 1.54) is 16.0 Å². The second kappa shape index (κ2) is 4.85. The predicted octanol–water partition coefficient (Wildman–Crippen LogP) is 3.57. The molecule has 0 radical (unpaired) electrons. The number of aromatic nitrogens is 2. The molecule has 4 nitrogen and oxygen atoms in total. The Hall–Kier alpha value is -1.98. The Morgan fingerprint density at radius 2 is 1.95 bits per heavy atom. The van der Waals surface area contributed by atoms with Gasteiger partial charge in [0.1, 0.15) is 4.83 Å². The van der Waals surface area contributed by atoms with Crippen LogP contribution in [-0.2, 0) is 0 Å². The summed E-state index contributed by atoms with van der Waals surface area (Å²) in [5.41, 5.74) is 6.09. The molecular formula is C15H16N4S. The van der Waals surface area contributed by atoms with Crippen LogP contribution in [0.1, 0.15) is 16.0 Å². The summed E-state index contributed by atoms with van der Waals surface area (Å²) in [4.78, 5) is 11.5. The Morgan fingerprint density at radius 3 is 2.65 bits per heavy atom. The lowest BCUT2D eigenvalue weighted by atomic mass is 10.1. The highest BCUT2D eigenvalue weighted by atomic mass is 32.1. The Morgan fingerprint density at radius 1 is 1.15 bits per heavy atom. The van der Waals surface area contributed by atoms with E-state index in [0.29, 0.717) is 11.6 Å². The molecular weight excluding hydrogens is 268 g/mol. The molecule has 3 N–H and O–H groups in total. The molecule has 1 aromatic carbocycles. The minimum absolute atomic E-state index is 0.688. The molecule has 2 heterocycles. The summed E-state index contributed by atoms with van der Waals surface area (Å²) < 4.78 is 0. The standard InChI is InChI=1S/C15H16N4S/c1-8-5-4-6-11(7-8)13-17-14(19-16)12-9(2)10(3)20-15(12)18-13/h4-7H,16H2,1-3H3,(H,17,18,19). The Kier molecular flexibility index (Phi) is 3.16. The summed E-state index contributed by atoms with van der Waals surface area (Å²) in [6.45, 7) is 6.22. The van der Waals surface area contributed by atoms with Gasteiger partial charge in [0.2, 0.25) is 0 Å². The third-order valence-corrected chi connectivity index (χ3v) is 4.54. The molecule has 3 aromatic rings. The molecule has 0 aliphatic rings. The lowest BCUT2D eigenvalue weighted by Gasteiger charge is -2.06. The fourth-order valence-electron chi connectivity index (χ4n) is 2.27. The van der Waals surface area contributed by atoms with Gasteiger partial charge in [-0.05, 0) is 32.4 Å². The number of nitrogens with zero attached hydrogens (tertiary/aromatic N) is 2. The number of benzene rings is 1. The average molecular weight is 284 g/mol. The van der Waals surface area contributed by atoms with Crippen molar-refractivity contribution in [3.05, 3.63) is 40.3 Å². The van der Waals surface area contributed by atoms with Crippen LogP contribution in [0, 0.1) is 20.8 Å². The summed E-state index contributed by atoms with van der Waals surface area (Å²) in [6.07, 6.45) is 0. The lowest BCUT2D eigenvalue weighted by molar-refractivity contribution is 1.19. The van der Waals surface area contributed by atoms with Gasteiger partial charge in [0.15, 0.2) is 11.6 Å². The minimum atomic E-state index is 0.688. The van der Waals surface area contributed by atoms with Crippen LogP contribution >= 0.6 is 11.3 Å². The van der Waals surface area contributed by atoms with Gasteiger partial charge < -0.3 is 5.43 Å². The van der Waals surface area contributed by atoms with Crippen LogP contribution < -0.4 is 11.3 Å². The van der Waals surface area contributed by atoms with Crippen LogP contribution in [0.3, 0.4) is 0 Å². The molecule has 2 aromatic heterocycles. The van der Waals surface area contributed by atoms with Gasteiger partial charge in [0.25, 0.3) is 0 Å². The first-order chi connectivity index (χ1) is 9.60. The smallest absolute Gasteiger partial charge is 0.163 e. The zero-order valence-electron chi connectivity index (χ0n) is 11.7. The minimum Gasteiger partial charge on any atom is -0.308 e. The molecule has 0 aliphatic heterocycles. The average Bonchev–Trinajstić information content (AvgIpc) is 2.73. The molecule has 5 heteroatoms. The number of nitrogens with two attached hydrogens (primary N) is 1. The van der Waals surface area contributed by atoms with E-state index in [9.17, 15) is 0 Å². The van der Waals surface area contributed by atoms with Gasteiger partial charge in [-0.3, -0.25) is 0 Å². The van der Waals surface area contributed by atoms with Gasteiger partial charge >= 0.3 is 0 Å². The number of fused-ring (bicyclic) bond motifs is 1. The van der Waals surface area contributed by atoms with Gasteiger partial charge in [-0.25, -0.2) is 15.8 Å². The maximum Gasteiger partial charge on any atom is 0.163 e. The van der Waals surface area contributed by atoms with Crippen LogP contribution in [-0.4, -0.2) is 9.97 Å². The van der Waals surface area contributed by atoms with E-state index in [1.54, 1.807) is 11.3 Å². The molecule has 0 spiro atoms. The highest BCUT2D eigenvalue weighted by Crippen LogP contribution is 2.34. The third-order valence-electron chi connectivity index (χ3n) is 3.44. The predicted molar refractivity (Wildman–Crippen MR) is 84.9 cm³/mol. The molecule has 0 aliphatic carbocycles. The van der Waals surface area contributed by atoms with E-state index in [2.05, 4.69) is 48.3 Å². The first-order valence-corrected chi connectivity index (χ1v) is 7.23. The summed E-state index contributed by atoms with van der Waals surface area (Å²) in [5, 5.41) is 1.02. The molecule has 0 saturated heterocycles. The first kappa shape index (κ1) is 13.0. The molecule has 0 saturated carbocycles. The van der Waals surface area contributed by atoms with Crippen molar-refractivity contribution in [3.63, 3.8) is 0 Å². The number of hydrogen-bond acceptors (Lipinski definition) is 5. The van der Waals surface area contributed by atoms with Crippen molar-refractivity contribution in [1.82, 2.24) is 9.97 Å². The van der Waals surface area contributed by atoms with Gasteiger partial charge in [0, 0.05) is 10.4 Å². The van der Waals surface area contributed by atoms with E-state index in [1.807, 2.05) is 12.1 Å². The zero-order chi connectivity index (χ0) is 14.3. The normalized spacial score (nSPS) is 11.0. The Bertz CT molecular complexity index is 792. The van der Waals surface area contributed by atoms with E-state index >= 15 is 0 Å². The fraction of sp³-hybridized carbons (Fsp3) is 0.200. The summed E-state index contributed by atoms with van der Waals surface area (Å²) >= 11 is 1.67. The summed E-state index contributed by atoms with van der Waals surface area (Å²) in [5.74, 6) is 7.03. The van der Waals surface area contributed by atoms with Gasteiger partial charge in [-0.1, -0.05) is 23.8 Å². The number of nitrogen functional groups attached to an aromatic ring is 1. The molecule has 0 bridgehead atoms. The number of nitrogens with one attached hydrogen (secondary N) is 1. The third kappa shape index (κ3) is 2.05. The van der Waals surface area contributed by atoms with Crippen LogP contribution in [0.5, 0.6) is 0 Å². The van der Waals surface area contributed by atoms with E-state index in [4.69, 9.17) is 5.84 Å². The number of hydrazine groups is 1. The number of rotatable bonds is 2. The van der Waals surface area contributed by atoms with Crippen molar-refractivity contribution in [2.75, 3.05) is 5.43 Å². The summed E-state index contributed by atoms with van der Waals surface area (Å²) in [7, 11) is 0. The van der Waals surface area contributed by atoms with Crippen LogP contribution in [0.15, 0.2) is 24.3 Å². The van der Waals surface area contributed by atoms with Crippen molar-refractivity contribution in [1.29, 1.82) is 0 Å². The van der Waals surface area contributed by atoms with Crippen molar-refractivity contribution >= 4 is 27.4 Å². The molecule has 0 fully saturated rings. The second-order valence-electron chi connectivity index (χ2n) is 4.87. The Balaban J connectivity index is 2.28. The quantitative estimate of drug-likeness (QED) is 0.558.